The van der Waals surface area contributed by atoms with Gasteiger partial charge in [-0.2, -0.15) is 0 Å². The monoisotopic (exact) mass is 239 g/mol. The highest BCUT2D eigenvalue weighted by molar-refractivity contribution is 5.26. The maximum absolute atomic E-state index is 4.68. The molecule has 0 saturated carbocycles. The quantitative estimate of drug-likeness (QED) is 0.871. The molecule has 1 aliphatic rings. The minimum Gasteiger partial charge on any atom is -0.312 e. The summed E-state index contributed by atoms with van der Waals surface area (Å²) in [7, 11) is 0. The van der Waals surface area contributed by atoms with Gasteiger partial charge in [0, 0.05) is 43.4 Å². The Kier molecular flexibility index (Phi) is 3.07. The Hall–Kier alpha value is -1.74. The molecule has 2 aromatic rings. The molecule has 0 radical (unpaired) electrons. The topological polar surface area (TPSA) is 37.8 Å². The van der Waals surface area contributed by atoms with Crippen LogP contribution in [0.2, 0.25) is 0 Å². The van der Waals surface area contributed by atoms with Crippen molar-refractivity contribution in [2.75, 3.05) is 6.54 Å². The van der Waals surface area contributed by atoms with Gasteiger partial charge in [0.1, 0.15) is 5.82 Å². The van der Waals surface area contributed by atoms with Gasteiger partial charge in [-0.15, -0.1) is 0 Å². The highest BCUT2D eigenvalue weighted by Gasteiger charge is 2.11. The van der Waals surface area contributed by atoms with E-state index in [0.717, 1.165) is 31.8 Å². The van der Waals surface area contributed by atoms with Crippen LogP contribution in [0.5, 0.6) is 0 Å². The summed E-state index contributed by atoms with van der Waals surface area (Å²) in [6, 6.07) is 8.58. The third-order valence-electron chi connectivity index (χ3n) is 3.34. The molecular weight excluding hydrogens is 222 g/mol. The van der Waals surface area contributed by atoms with E-state index in [2.05, 4.69) is 46.5 Å². The Bertz CT molecular complexity index is 546. The molecule has 0 fully saturated rings. The third kappa shape index (κ3) is 2.41. The Labute approximate surface area is 107 Å². The van der Waals surface area contributed by atoms with E-state index in [4.69, 9.17) is 0 Å². The summed E-state index contributed by atoms with van der Waals surface area (Å²) in [6.07, 6.45) is 3.80. The van der Waals surface area contributed by atoms with E-state index in [0.29, 0.717) is 0 Å². The first kappa shape index (κ1) is 11.4. The molecule has 0 bridgehead atoms. The van der Waals surface area contributed by atoms with Gasteiger partial charge in [-0.05, 0) is 12.5 Å². The van der Waals surface area contributed by atoms with E-state index in [9.17, 15) is 0 Å². The molecule has 1 N–H and O–H groups in total. The zero-order valence-electron chi connectivity index (χ0n) is 10.6. The molecule has 18 heavy (non-hydrogen) atoms. The first-order chi connectivity index (χ1) is 8.81. The van der Waals surface area contributed by atoms with Gasteiger partial charge >= 0.3 is 0 Å². The van der Waals surface area contributed by atoms with Crippen LogP contribution >= 0.6 is 0 Å². The predicted molar refractivity (Wildman–Crippen MR) is 71.4 cm³/mol. The fourth-order valence-corrected chi connectivity index (χ4v) is 2.25. The molecule has 3 rings (SSSR count). The fourth-order valence-electron chi connectivity index (χ4n) is 2.25. The van der Waals surface area contributed by atoms with Crippen LogP contribution in [0.1, 0.15) is 28.2 Å². The lowest BCUT2D eigenvalue weighted by Gasteiger charge is -2.16. The fraction of sp³-hybridized carbons (Fsp3) is 0.333. The van der Waals surface area contributed by atoms with Gasteiger partial charge in [0.05, 0.1) is 0 Å². The summed E-state index contributed by atoms with van der Waals surface area (Å²) in [5.74, 6) is 0.930. The van der Waals surface area contributed by atoms with Crippen molar-refractivity contribution in [1.82, 2.24) is 15.3 Å². The van der Waals surface area contributed by atoms with Crippen molar-refractivity contribution in [1.29, 1.82) is 0 Å². The minimum absolute atomic E-state index is 0.820. The van der Waals surface area contributed by atoms with Crippen molar-refractivity contribution in [3.63, 3.8) is 0 Å². The Morgan fingerprint density at radius 2 is 2.06 bits per heavy atom. The molecule has 0 spiro atoms. The number of hydrogen-bond acceptors (Lipinski definition) is 3. The standard InChI is InChI=1S/C15H17N3/c1-11-2-4-12(5-3-11)8-15-17-10-13-9-16-7-6-14(13)18-15/h2-5,10,16H,6-9H2,1H3. The molecule has 3 heteroatoms. The molecule has 1 aromatic heterocycles. The second-order valence-electron chi connectivity index (χ2n) is 4.85. The predicted octanol–water partition coefficient (Wildman–Crippen LogP) is 2.02. The highest BCUT2D eigenvalue weighted by Crippen LogP contribution is 2.12. The number of rotatable bonds is 2. The normalized spacial score (nSPS) is 14.3. The summed E-state index contributed by atoms with van der Waals surface area (Å²) in [4.78, 5) is 9.14. The van der Waals surface area contributed by atoms with Gasteiger partial charge in [0.2, 0.25) is 0 Å². The average molecular weight is 239 g/mol. The van der Waals surface area contributed by atoms with Crippen LogP contribution < -0.4 is 5.32 Å². The minimum atomic E-state index is 0.820. The smallest absolute Gasteiger partial charge is 0.132 e. The van der Waals surface area contributed by atoms with Crippen LogP contribution in [0.15, 0.2) is 30.5 Å². The lowest BCUT2D eigenvalue weighted by Crippen LogP contribution is -2.25. The van der Waals surface area contributed by atoms with Crippen molar-refractivity contribution in [2.24, 2.45) is 0 Å². The second kappa shape index (κ2) is 4.86. The number of aromatic nitrogens is 2. The Morgan fingerprint density at radius 1 is 1.22 bits per heavy atom. The number of fused-ring (bicyclic) bond motifs is 1. The Balaban J connectivity index is 1.82. The molecule has 0 amide bonds. The summed E-state index contributed by atoms with van der Waals surface area (Å²) < 4.78 is 0. The van der Waals surface area contributed by atoms with Crippen molar-refractivity contribution < 1.29 is 0 Å². The van der Waals surface area contributed by atoms with Crippen molar-refractivity contribution in [2.45, 2.75) is 26.3 Å². The van der Waals surface area contributed by atoms with Crippen LogP contribution in [-0.2, 0) is 19.4 Å². The number of benzene rings is 1. The molecule has 3 nitrogen and oxygen atoms in total. The molecule has 2 heterocycles. The molecule has 0 aliphatic carbocycles. The zero-order chi connectivity index (χ0) is 12.4. The maximum Gasteiger partial charge on any atom is 0.132 e. The van der Waals surface area contributed by atoms with Gasteiger partial charge < -0.3 is 5.32 Å². The zero-order valence-corrected chi connectivity index (χ0v) is 10.6. The van der Waals surface area contributed by atoms with Gasteiger partial charge in [-0.1, -0.05) is 29.8 Å². The van der Waals surface area contributed by atoms with Crippen LogP contribution in [0.25, 0.3) is 0 Å². The van der Waals surface area contributed by atoms with Crippen LogP contribution in [-0.4, -0.2) is 16.5 Å². The lowest BCUT2D eigenvalue weighted by atomic mass is 10.1. The van der Waals surface area contributed by atoms with E-state index in [1.165, 1.54) is 22.4 Å². The van der Waals surface area contributed by atoms with Gasteiger partial charge in [-0.3, -0.25) is 0 Å². The largest absolute Gasteiger partial charge is 0.312 e. The summed E-state index contributed by atoms with van der Waals surface area (Å²) in [6.45, 7) is 4.03. The summed E-state index contributed by atoms with van der Waals surface area (Å²) in [5.41, 5.74) is 5.02. The molecule has 0 atom stereocenters. The number of nitrogens with zero attached hydrogens (tertiary/aromatic N) is 2. The average Bonchev–Trinajstić information content (AvgIpc) is 2.41. The van der Waals surface area contributed by atoms with Crippen molar-refractivity contribution >= 4 is 0 Å². The molecule has 92 valence electrons. The number of hydrogen-bond donors (Lipinski definition) is 1. The maximum atomic E-state index is 4.68. The molecular formula is C15H17N3. The molecule has 0 saturated heterocycles. The second-order valence-corrected chi connectivity index (χ2v) is 4.85. The molecule has 1 aliphatic heterocycles. The van der Waals surface area contributed by atoms with E-state index < -0.39 is 0 Å². The van der Waals surface area contributed by atoms with Crippen LogP contribution in [0.4, 0.5) is 0 Å². The van der Waals surface area contributed by atoms with Gasteiger partial charge in [0.25, 0.3) is 0 Å². The summed E-state index contributed by atoms with van der Waals surface area (Å²) >= 11 is 0. The SMILES string of the molecule is Cc1ccc(Cc2ncc3c(n2)CCNC3)cc1. The van der Waals surface area contributed by atoms with Crippen molar-refractivity contribution in [3.8, 4) is 0 Å². The third-order valence-corrected chi connectivity index (χ3v) is 3.34. The molecule has 0 unspecified atom stereocenters. The van der Waals surface area contributed by atoms with Crippen molar-refractivity contribution in [3.05, 3.63) is 58.7 Å². The number of nitrogens with one attached hydrogen (secondary N) is 1. The van der Waals surface area contributed by atoms with E-state index in [1.54, 1.807) is 0 Å². The number of aryl methyl sites for hydroxylation is 1. The van der Waals surface area contributed by atoms with E-state index in [1.807, 2.05) is 6.20 Å². The van der Waals surface area contributed by atoms with Gasteiger partial charge in [0.15, 0.2) is 0 Å². The lowest BCUT2D eigenvalue weighted by molar-refractivity contribution is 0.621. The van der Waals surface area contributed by atoms with E-state index in [-0.39, 0.29) is 0 Å². The summed E-state index contributed by atoms with van der Waals surface area (Å²) in [5, 5.41) is 3.34. The molecule has 1 aromatic carbocycles. The highest BCUT2D eigenvalue weighted by atomic mass is 14.9. The van der Waals surface area contributed by atoms with Gasteiger partial charge in [-0.25, -0.2) is 9.97 Å². The van der Waals surface area contributed by atoms with Crippen LogP contribution in [0, 0.1) is 6.92 Å². The Morgan fingerprint density at radius 3 is 2.89 bits per heavy atom. The van der Waals surface area contributed by atoms with E-state index >= 15 is 0 Å². The van der Waals surface area contributed by atoms with Crippen LogP contribution in [0.3, 0.4) is 0 Å². The first-order valence-corrected chi connectivity index (χ1v) is 6.41. The first-order valence-electron chi connectivity index (χ1n) is 6.41.